The van der Waals surface area contributed by atoms with Crippen LogP contribution in [0, 0.1) is 5.41 Å². The Morgan fingerprint density at radius 1 is 1.43 bits per heavy atom. The third-order valence-electron chi connectivity index (χ3n) is 4.36. The summed E-state index contributed by atoms with van der Waals surface area (Å²) < 4.78 is 5.12. The summed E-state index contributed by atoms with van der Waals surface area (Å²) in [5, 5.41) is 2.02. The van der Waals surface area contributed by atoms with E-state index in [0.29, 0.717) is 26.3 Å². The number of benzene rings is 1. The van der Waals surface area contributed by atoms with Crippen molar-refractivity contribution in [3.05, 3.63) is 35.9 Å². The molecule has 3 rings (SSSR count). The van der Waals surface area contributed by atoms with Gasteiger partial charge >= 0.3 is 6.09 Å². The molecule has 0 saturated carbocycles. The highest BCUT2D eigenvalue weighted by atomic mass is 16.7. The van der Waals surface area contributed by atoms with Crippen LogP contribution < -0.4 is 0 Å². The van der Waals surface area contributed by atoms with Gasteiger partial charge in [0.05, 0.1) is 19.3 Å². The van der Waals surface area contributed by atoms with Gasteiger partial charge in [0.15, 0.2) is 0 Å². The maximum Gasteiger partial charge on any atom is 0.409 e. The van der Waals surface area contributed by atoms with Gasteiger partial charge in [0.25, 0.3) is 0 Å². The summed E-state index contributed by atoms with van der Waals surface area (Å²) >= 11 is 0. The quantitative estimate of drug-likeness (QED) is 0.856. The van der Waals surface area contributed by atoms with E-state index in [4.69, 9.17) is 9.57 Å². The number of hydroxylamine groups is 2. The fraction of sp³-hybridized carbons (Fsp3) is 0.562. The Kier molecular flexibility index (Phi) is 3.87. The van der Waals surface area contributed by atoms with Crippen LogP contribution in [-0.4, -0.2) is 48.4 Å². The van der Waals surface area contributed by atoms with Gasteiger partial charge in [0.2, 0.25) is 0 Å². The molecule has 1 aromatic rings. The van der Waals surface area contributed by atoms with Gasteiger partial charge in [-0.1, -0.05) is 37.3 Å². The SMILES string of the molecule is CCOC(=O)N1CC2N(Cc3ccccc3)OCC2(C)C1. The lowest BCUT2D eigenvalue weighted by molar-refractivity contribution is -0.141. The van der Waals surface area contributed by atoms with Gasteiger partial charge in [-0.3, -0.25) is 4.84 Å². The third kappa shape index (κ3) is 2.76. The van der Waals surface area contributed by atoms with Gasteiger partial charge in [-0.05, 0) is 12.5 Å². The third-order valence-corrected chi connectivity index (χ3v) is 4.36. The Morgan fingerprint density at radius 3 is 2.90 bits per heavy atom. The van der Waals surface area contributed by atoms with Crippen molar-refractivity contribution in [2.45, 2.75) is 26.4 Å². The first kappa shape index (κ1) is 14.4. The molecule has 2 saturated heterocycles. The van der Waals surface area contributed by atoms with E-state index in [-0.39, 0.29) is 17.6 Å². The van der Waals surface area contributed by atoms with Crippen molar-refractivity contribution in [1.29, 1.82) is 0 Å². The first-order valence-corrected chi connectivity index (χ1v) is 7.47. The molecular weight excluding hydrogens is 268 g/mol. The zero-order valence-corrected chi connectivity index (χ0v) is 12.6. The van der Waals surface area contributed by atoms with Gasteiger partial charge in [0.1, 0.15) is 0 Å². The molecule has 5 nitrogen and oxygen atoms in total. The monoisotopic (exact) mass is 290 g/mol. The summed E-state index contributed by atoms with van der Waals surface area (Å²) in [6, 6.07) is 10.5. The second-order valence-corrected chi connectivity index (χ2v) is 6.08. The van der Waals surface area contributed by atoms with Crippen molar-refractivity contribution in [2.75, 3.05) is 26.3 Å². The summed E-state index contributed by atoms with van der Waals surface area (Å²) in [6.07, 6.45) is -0.215. The van der Waals surface area contributed by atoms with Crippen LogP contribution in [0.15, 0.2) is 30.3 Å². The molecule has 0 bridgehead atoms. The Balaban J connectivity index is 1.69. The number of hydrogen-bond acceptors (Lipinski definition) is 4. The molecule has 0 radical (unpaired) electrons. The van der Waals surface area contributed by atoms with Gasteiger partial charge in [-0.25, -0.2) is 4.79 Å². The van der Waals surface area contributed by atoms with Crippen LogP contribution in [0.3, 0.4) is 0 Å². The minimum atomic E-state index is -0.215. The van der Waals surface area contributed by atoms with Crippen LogP contribution in [0.25, 0.3) is 0 Å². The maximum absolute atomic E-state index is 11.9. The number of rotatable bonds is 3. The standard InChI is InChI=1S/C16H22N2O3/c1-3-20-15(19)17-10-14-16(2,11-17)12-21-18(14)9-13-7-5-4-6-8-13/h4-8,14H,3,9-12H2,1-2H3. The van der Waals surface area contributed by atoms with E-state index in [1.807, 2.05) is 30.2 Å². The van der Waals surface area contributed by atoms with Crippen LogP contribution in [0.4, 0.5) is 4.79 Å². The number of likely N-dealkylation sites (tertiary alicyclic amines) is 1. The first-order chi connectivity index (χ1) is 10.1. The molecule has 114 valence electrons. The summed E-state index contributed by atoms with van der Waals surface area (Å²) in [5.74, 6) is 0. The van der Waals surface area contributed by atoms with Gasteiger partial charge in [-0.2, -0.15) is 5.06 Å². The molecule has 0 spiro atoms. The van der Waals surface area contributed by atoms with Crippen molar-refractivity contribution in [3.8, 4) is 0 Å². The molecule has 2 unspecified atom stereocenters. The molecule has 1 amide bonds. The van der Waals surface area contributed by atoms with E-state index in [0.717, 1.165) is 6.54 Å². The molecule has 2 aliphatic heterocycles. The van der Waals surface area contributed by atoms with Crippen LogP contribution in [0.5, 0.6) is 0 Å². The lowest BCUT2D eigenvalue weighted by atomic mass is 9.87. The highest BCUT2D eigenvalue weighted by molar-refractivity contribution is 5.68. The smallest absolute Gasteiger partial charge is 0.409 e. The van der Waals surface area contributed by atoms with E-state index >= 15 is 0 Å². The minimum absolute atomic E-state index is 0.0124. The molecule has 5 heteroatoms. The first-order valence-electron chi connectivity index (χ1n) is 7.47. The predicted molar refractivity (Wildman–Crippen MR) is 78.4 cm³/mol. The Bertz CT molecular complexity index is 508. The van der Waals surface area contributed by atoms with Crippen molar-refractivity contribution in [3.63, 3.8) is 0 Å². The maximum atomic E-state index is 11.9. The number of ether oxygens (including phenoxy) is 1. The van der Waals surface area contributed by atoms with Crippen molar-refractivity contribution in [1.82, 2.24) is 9.96 Å². The number of amides is 1. The average molecular weight is 290 g/mol. The summed E-state index contributed by atoms with van der Waals surface area (Å²) in [7, 11) is 0. The largest absolute Gasteiger partial charge is 0.450 e. The molecule has 21 heavy (non-hydrogen) atoms. The number of carbonyl (C=O) groups is 1. The van der Waals surface area contributed by atoms with Crippen LogP contribution in [-0.2, 0) is 16.1 Å². The highest BCUT2D eigenvalue weighted by Gasteiger charge is 2.53. The molecule has 0 aromatic heterocycles. The summed E-state index contributed by atoms with van der Waals surface area (Å²) in [4.78, 5) is 19.6. The zero-order chi connectivity index (χ0) is 14.9. The van der Waals surface area contributed by atoms with E-state index in [9.17, 15) is 4.79 Å². The van der Waals surface area contributed by atoms with Crippen LogP contribution >= 0.6 is 0 Å². The second kappa shape index (κ2) is 5.66. The lowest BCUT2D eigenvalue weighted by Crippen LogP contribution is -2.37. The van der Waals surface area contributed by atoms with Crippen LogP contribution in [0.2, 0.25) is 0 Å². The molecule has 1 aromatic carbocycles. The molecule has 2 aliphatic rings. The van der Waals surface area contributed by atoms with E-state index in [1.54, 1.807) is 4.90 Å². The van der Waals surface area contributed by atoms with E-state index in [2.05, 4.69) is 19.1 Å². The Hall–Kier alpha value is -1.59. The van der Waals surface area contributed by atoms with Crippen molar-refractivity contribution >= 4 is 6.09 Å². The predicted octanol–water partition coefficient (Wildman–Crippen LogP) is 2.28. The average Bonchev–Trinajstić information content (AvgIpc) is 2.96. The number of nitrogens with zero attached hydrogens (tertiary/aromatic N) is 2. The van der Waals surface area contributed by atoms with Crippen molar-refractivity contribution < 1.29 is 14.4 Å². The van der Waals surface area contributed by atoms with E-state index < -0.39 is 0 Å². The number of fused-ring (bicyclic) bond motifs is 1. The fourth-order valence-electron chi connectivity index (χ4n) is 3.21. The fourth-order valence-corrected chi connectivity index (χ4v) is 3.21. The topological polar surface area (TPSA) is 42.0 Å². The molecule has 2 heterocycles. The van der Waals surface area contributed by atoms with Gasteiger partial charge in [0, 0.05) is 25.0 Å². The number of carbonyl (C=O) groups excluding carboxylic acids is 1. The Labute approximate surface area is 125 Å². The molecule has 2 atom stereocenters. The van der Waals surface area contributed by atoms with Crippen molar-refractivity contribution in [2.24, 2.45) is 5.41 Å². The molecule has 0 N–H and O–H groups in total. The second-order valence-electron chi connectivity index (χ2n) is 6.08. The van der Waals surface area contributed by atoms with Gasteiger partial charge < -0.3 is 9.64 Å². The van der Waals surface area contributed by atoms with E-state index in [1.165, 1.54) is 5.56 Å². The zero-order valence-electron chi connectivity index (χ0n) is 12.6. The molecular formula is C16H22N2O3. The number of hydrogen-bond donors (Lipinski definition) is 0. The Morgan fingerprint density at radius 2 is 2.19 bits per heavy atom. The molecule has 2 fully saturated rings. The summed E-state index contributed by atoms with van der Waals surface area (Å²) in [6.45, 7) is 7.20. The van der Waals surface area contributed by atoms with Crippen LogP contribution in [0.1, 0.15) is 19.4 Å². The lowest BCUT2D eigenvalue weighted by Gasteiger charge is -2.24. The van der Waals surface area contributed by atoms with Gasteiger partial charge in [-0.15, -0.1) is 0 Å². The highest BCUT2D eigenvalue weighted by Crippen LogP contribution is 2.40. The molecule has 0 aliphatic carbocycles. The normalized spacial score (nSPS) is 28.7. The summed E-state index contributed by atoms with van der Waals surface area (Å²) in [5.41, 5.74) is 1.21. The minimum Gasteiger partial charge on any atom is -0.450 e.